The molecule has 180 valence electrons. The molecule has 0 aliphatic carbocycles. The van der Waals surface area contributed by atoms with E-state index in [-0.39, 0.29) is 48.6 Å². The maximum absolute atomic E-state index is 14.3. The van der Waals surface area contributed by atoms with Crippen LogP contribution in [0.3, 0.4) is 0 Å². The summed E-state index contributed by atoms with van der Waals surface area (Å²) in [7, 11) is 0. The molecule has 0 bridgehead atoms. The molecule has 1 fully saturated rings. The number of alkyl halides is 3. The van der Waals surface area contributed by atoms with E-state index in [0.717, 1.165) is 4.57 Å². The zero-order valence-electron chi connectivity index (χ0n) is 18.4. The molecule has 1 amide bonds. The number of hydrogen-bond donors (Lipinski definition) is 0. The monoisotopic (exact) mass is 493 g/mol. The summed E-state index contributed by atoms with van der Waals surface area (Å²) in [5.74, 6) is -0.507. The zero-order chi connectivity index (χ0) is 24.5. The van der Waals surface area contributed by atoms with Crippen LogP contribution in [0, 0.1) is 6.92 Å². The van der Waals surface area contributed by atoms with Gasteiger partial charge in [0.25, 0.3) is 11.5 Å². The van der Waals surface area contributed by atoms with E-state index in [1.165, 1.54) is 28.7 Å². The summed E-state index contributed by atoms with van der Waals surface area (Å²) in [5, 5.41) is 0.432. The van der Waals surface area contributed by atoms with Crippen LogP contribution in [0.15, 0.2) is 53.5 Å². The smallest absolute Gasteiger partial charge is 0.378 e. The van der Waals surface area contributed by atoms with Gasteiger partial charge in [-0.25, -0.2) is 0 Å². The van der Waals surface area contributed by atoms with Crippen molar-refractivity contribution in [3.05, 3.63) is 81.0 Å². The van der Waals surface area contributed by atoms with Crippen LogP contribution in [0.5, 0.6) is 0 Å². The number of nitrogens with zero attached hydrogens (tertiary/aromatic N) is 3. The van der Waals surface area contributed by atoms with Gasteiger partial charge in [0, 0.05) is 49.0 Å². The summed E-state index contributed by atoms with van der Waals surface area (Å²) in [5.41, 5.74) is -0.678. The molecular formula is C24H23ClF3N3O3. The lowest BCUT2D eigenvalue weighted by Gasteiger charge is -2.28. The number of carbonyl (C=O) groups excluding carboxylic acids is 1. The first-order valence-electron chi connectivity index (χ1n) is 10.8. The van der Waals surface area contributed by atoms with E-state index in [2.05, 4.69) is 0 Å². The number of pyridine rings is 1. The Balaban J connectivity index is 1.91. The molecule has 3 heterocycles. The Morgan fingerprint density at radius 3 is 2.35 bits per heavy atom. The van der Waals surface area contributed by atoms with Crippen LogP contribution in [-0.2, 0) is 24.0 Å². The Hall–Kier alpha value is -3.04. The van der Waals surface area contributed by atoms with Gasteiger partial charge in [0.1, 0.15) is 11.4 Å². The van der Waals surface area contributed by atoms with Crippen molar-refractivity contribution in [1.82, 2.24) is 14.0 Å². The number of carbonyl (C=O) groups is 1. The minimum absolute atomic E-state index is 0.0275. The summed E-state index contributed by atoms with van der Waals surface area (Å²) in [6, 6.07) is 10.9. The van der Waals surface area contributed by atoms with E-state index in [9.17, 15) is 22.8 Å². The summed E-state index contributed by atoms with van der Waals surface area (Å²) < 4.78 is 50.7. The van der Waals surface area contributed by atoms with E-state index < -0.39 is 17.8 Å². The van der Waals surface area contributed by atoms with Crippen LogP contribution >= 0.6 is 11.6 Å². The van der Waals surface area contributed by atoms with Crippen molar-refractivity contribution >= 4 is 17.5 Å². The van der Waals surface area contributed by atoms with Crippen LogP contribution in [0.25, 0.3) is 11.1 Å². The average Bonchev–Trinajstić information content (AvgIpc) is 3.11. The fraction of sp³-hybridized carbons (Fsp3) is 0.333. The van der Waals surface area contributed by atoms with Crippen molar-refractivity contribution in [1.29, 1.82) is 0 Å². The van der Waals surface area contributed by atoms with Gasteiger partial charge in [0.05, 0.1) is 13.2 Å². The lowest BCUT2D eigenvalue weighted by atomic mass is 10.00. The molecule has 3 aromatic rings. The first-order chi connectivity index (χ1) is 16.2. The quantitative estimate of drug-likeness (QED) is 0.527. The molecule has 1 aliphatic heterocycles. The van der Waals surface area contributed by atoms with Crippen molar-refractivity contribution in [2.24, 2.45) is 0 Å². The number of morpholine rings is 1. The SMILES string of the molecule is Cc1c(-c2ccc(Cl)cc2)c(C(=O)N2CCOCC2)n(CCn2ccccc2=O)c1C(F)(F)F. The van der Waals surface area contributed by atoms with E-state index in [0.29, 0.717) is 23.8 Å². The molecule has 1 aromatic carbocycles. The van der Waals surface area contributed by atoms with Crippen molar-refractivity contribution in [2.45, 2.75) is 26.2 Å². The molecule has 0 unspecified atom stereocenters. The minimum atomic E-state index is -4.71. The number of aromatic nitrogens is 2. The van der Waals surface area contributed by atoms with Gasteiger partial charge in [-0.3, -0.25) is 9.59 Å². The average molecular weight is 494 g/mol. The third-order valence-electron chi connectivity index (χ3n) is 5.87. The highest BCUT2D eigenvalue weighted by molar-refractivity contribution is 6.30. The Morgan fingerprint density at radius 2 is 1.74 bits per heavy atom. The highest BCUT2D eigenvalue weighted by Crippen LogP contribution is 2.41. The maximum Gasteiger partial charge on any atom is 0.431 e. The van der Waals surface area contributed by atoms with Gasteiger partial charge in [-0.05, 0) is 36.2 Å². The van der Waals surface area contributed by atoms with E-state index in [4.69, 9.17) is 16.3 Å². The summed E-state index contributed by atoms with van der Waals surface area (Å²) in [4.78, 5) is 27.3. The Labute approximate surface area is 199 Å². The van der Waals surface area contributed by atoms with Gasteiger partial charge in [-0.2, -0.15) is 13.2 Å². The van der Waals surface area contributed by atoms with Crippen molar-refractivity contribution < 1.29 is 22.7 Å². The molecule has 1 saturated heterocycles. The number of amides is 1. The first kappa shape index (κ1) is 24.1. The zero-order valence-corrected chi connectivity index (χ0v) is 19.2. The highest BCUT2D eigenvalue weighted by Gasteiger charge is 2.41. The Morgan fingerprint density at radius 1 is 1.06 bits per heavy atom. The number of halogens is 4. The van der Waals surface area contributed by atoms with Crippen LogP contribution in [0.2, 0.25) is 5.02 Å². The van der Waals surface area contributed by atoms with Gasteiger partial charge >= 0.3 is 6.18 Å². The lowest BCUT2D eigenvalue weighted by molar-refractivity contribution is -0.144. The van der Waals surface area contributed by atoms with Crippen LogP contribution in [0.4, 0.5) is 13.2 Å². The number of benzene rings is 1. The van der Waals surface area contributed by atoms with Crippen LogP contribution in [-0.4, -0.2) is 46.2 Å². The molecule has 0 atom stereocenters. The molecule has 4 rings (SSSR count). The van der Waals surface area contributed by atoms with Crippen molar-refractivity contribution in [2.75, 3.05) is 26.3 Å². The number of rotatable bonds is 5. The maximum atomic E-state index is 14.3. The molecule has 0 radical (unpaired) electrons. The van der Waals surface area contributed by atoms with Gasteiger partial charge in [-0.15, -0.1) is 0 Å². The fourth-order valence-electron chi connectivity index (χ4n) is 4.30. The van der Waals surface area contributed by atoms with E-state index >= 15 is 0 Å². The molecule has 0 spiro atoms. The number of aryl methyl sites for hydroxylation is 1. The molecule has 10 heteroatoms. The highest BCUT2D eigenvalue weighted by atomic mass is 35.5. The lowest BCUT2D eigenvalue weighted by Crippen LogP contribution is -2.42. The minimum Gasteiger partial charge on any atom is -0.378 e. The summed E-state index contributed by atoms with van der Waals surface area (Å²) in [6.07, 6.45) is -3.20. The van der Waals surface area contributed by atoms with Crippen molar-refractivity contribution in [3.63, 3.8) is 0 Å². The molecule has 2 aromatic heterocycles. The van der Waals surface area contributed by atoms with Crippen LogP contribution in [0.1, 0.15) is 21.7 Å². The van der Waals surface area contributed by atoms with Gasteiger partial charge in [0.2, 0.25) is 0 Å². The third-order valence-corrected chi connectivity index (χ3v) is 6.12. The molecule has 34 heavy (non-hydrogen) atoms. The topological polar surface area (TPSA) is 56.5 Å². The second kappa shape index (κ2) is 9.68. The van der Waals surface area contributed by atoms with Gasteiger partial charge in [-0.1, -0.05) is 29.8 Å². The summed E-state index contributed by atoms with van der Waals surface area (Å²) >= 11 is 6.00. The normalized spacial score (nSPS) is 14.4. The Bertz CT molecular complexity index is 1240. The first-order valence-corrected chi connectivity index (χ1v) is 11.1. The standard InChI is InChI=1S/C24H23ClF3N3O3/c1-16-20(17-5-7-18(25)8-6-17)21(23(33)30-12-14-34-15-13-30)31(22(16)24(26,27)28)11-10-29-9-3-2-4-19(29)32/h2-9H,10-15H2,1H3. The van der Waals surface area contributed by atoms with Gasteiger partial charge in [0.15, 0.2) is 0 Å². The van der Waals surface area contributed by atoms with E-state index in [1.807, 2.05) is 0 Å². The predicted octanol–water partition coefficient (Wildman–Crippen LogP) is 4.47. The molecule has 0 N–H and O–H groups in total. The fourth-order valence-corrected chi connectivity index (χ4v) is 4.42. The molecule has 1 aliphatic rings. The second-order valence-corrected chi connectivity index (χ2v) is 8.43. The van der Waals surface area contributed by atoms with Gasteiger partial charge < -0.3 is 18.8 Å². The predicted molar refractivity (Wildman–Crippen MR) is 122 cm³/mol. The molecule has 0 saturated carbocycles. The number of ether oxygens (including phenoxy) is 1. The number of hydrogen-bond acceptors (Lipinski definition) is 3. The van der Waals surface area contributed by atoms with E-state index in [1.54, 1.807) is 36.4 Å². The molecular weight excluding hydrogens is 471 g/mol. The van der Waals surface area contributed by atoms with Crippen molar-refractivity contribution in [3.8, 4) is 11.1 Å². The second-order valence-electron chi connectivity index (χ2n) is 7.99. The summed E-state index contributed by atoms with van der Waals surface area (Å²) in [6.45, 7) is 2.32. The third kappa shape index (κ3) is 4.76. The Kier molecular flexibility index (Phi) is 6.86. The molecule has 6 nitrogen and oxygen atoms in total. The largest absolute Gasteiger partial charge is 0.431 e. The van der Waals surface area contributed by atoms with Crippen LogP contribution < -0.4 is 5.56 Å².